The Morgan fingerprint density at radius 2 is 2.12 bits per heavy atom. The lowest BCUT2D eigenvalue weighted by atomic mass is 9.90. The Hall–Kier alpha value is -2.10. The Balaban J connectivity index is 0.00000196. The van der Waals surface area contributed by atoms with E-state index in [1.165, 1.54) is 0 Å². The molecule has 4 rings (SSSR count). The first-order valence-electron chi connectivity index (χ1n) is 7.77. The summed E-state index contributed by atoms with van der Waals surface area (Å²) in [6.07, 6.45) is 3.67. The van der Waals surface area contributed by atoms with E-state index in [0.29, 0.717) is 28.4 Å². The van der Waals surface area contributed by atoms with Gasteiger partial charge in [-0.1, -0.05) is 11.3 Å². The van der Waals surface area contributed by atoms with Crippen molar-refractivity contribution < 1.29 is 13.6 Å². The molecule has 1 aromatic carbocycles. The molecule has 0 spiro atoms. The molecular formula is C16H16ClF2N5OS. The van der Waals surface area contributed by atoms with E-state index in [1.807, 2.05) is 13.2 Å². The molecule has 3 aromatic rings. The Labute approximate surface area is 158 Å². The lowest BCUT2D eigenvalue weighted by Crippen LogP contribution is -2.27. The summed E-state index contributed by atoms with van der Waals surface area (Å²) in [6.45, 7) is 1.25. The monoisotopic (exact) mass is 399 g/mol. The lowest BCUT2D eigenvalue weighted by Gasteiger charge is -2.15. The summed E-state index contributed by atoms with van der Waals surface area (Å²) in [5.41, 5.74) is 1.33. The molecule has 0 saturated carbocycles. The molecule has 2 N–H and O–H groups in total. The van der Waals surface area contributed by atoms with Gasteiger partial charge in [-0.05, 0) is 11.6 Å². The number of nitrogens with one attached hydrogen (secondary N) is 2. The van der Waals surface area contributed by atoms with Gasteiger partial charge in [-0.2, -0.15) is 5.10 Å². The quantitative estimate of drug-likeness (QED) is 0.710. The van der Waals surface area contributed by atoms with Crippen LogP contribution in [0.15, 0.2) is 24.5 Å². The maximum Gasteiger partial charge on any atom is 0.231 e. The first kappa shape index (κ1) is 18.7. The molecular weight excluding hydrogens is 384 g/mol. The second kappa shape index (κ2) is 7.26. The zero-order valence-corrected chi connectivity index (χ0v) is 15.3. The summed E-state index contributed by atoms with van der Waals surface area (Å²) in [6, 6.07) is 2.12. The summed E-state index contributed by atoms with van der Waals surface area (Å²) in [5.74, 6) is -2.28. The number of anilines is 1. The van der Waals surface area contributed by atoms with E-state index in [2.05, 4.69) is 20.7 Å². The van der Waals surface area contributed by atoms with E-state index in [1.54, 1.807) is 10.9 Å². The van der Waals surface area contributed by atoms with Crippen LogP contribution in [-0.2, 0) is 11.8 Å². The molecule has 2 atom stereocenters. The van der Waals surface area contributed by atoms with Gasteiger partial charge in [-0.3, -0.25) is 9.48 Å². The van der Waals surface area contributed by atoms with Crippen LogP contribution in [0.3, 0.4) is 0 Å². The Kier molecular flexibility index (Phi) is 5.22. The van der Waals surface area contributed by atoms with Crippen molar-refractivity contribution in [2.45, 2.75) is 5.92 Å². The number of aryl methyl sites for hydroxylation is 1. The van der Waals surface area contributed by atoms with Gasteiger partial charge in [0.1, 0.15) is 0 Å². The van der Waals surface area contributed by atoms with Crippen molar-refractivity contribution in [3.63, 3.8) is 0 Å². The Bertz CT molecular complexity index is 920. The Morgan fingerprint density at radius 1 is 1.35 bits per heavy atom. The standard InChI is InChI=1S/C16H15F2N5OS.ClH/c1-23-7-8(4-20-23)9-5-19-6-10(9)15(24)22-16-21-13-2-11(17)12(18)3-14(13)25-16;/h2-4,7,9-10,19H,5-6H2,1H3,(H,21,22,24);1H/t9-,10+;/m1./s1. The normalized spacial score (nSPS) is 19.5. The number of thiazole rings is 1. The van der Waals surface area contributed by atoms with Crippen LogP contribution in [0.5, 0.6) is 0 Å². The van der Waals surface area contributed by atoms with E-state index >= 15 is 0 Å². The van der Waals surface area contributed by atoms with E-state index in [-0.39, 0.29) is 30.2 Å². The van der Waals surface area contributed by atoms with Crippen LogP contribution in [-0.4, -0.2) is 33.8 Å². The van der Waals surface area contributed by atoms with Crippen molar-refractivity contribution in [3.8, 4) is 0 Å². The van der Waals surface area contributed by atoms with Gasteiger partial charge < -0.3 is 10.6 Å². The van der Waals surface area contributed by atoms with Crippen LogP contribution in [0.1, 0.15) is 11.5 Å². The highest BCUT2D eigenvalue weighted by Crippen LogP contribution is 2.31. The van der Waals surface area contributed by atoms with Crippen LogP contribution < -0.4 is 10.6 Å². The van der Waals surface area contributed by atoms with E-state index in [9.17, 15) is 13.6 Å². The van der Waals surface area contributed by atoms with E-state index in [0.717, 1.165) is 29.0 Å². The highest BCUT2D eigenvalue weighted by Gasteiger charge is 2.35. The third-order valence-corrected chi connectivity index (χ3v) is 5.30. The van der Waals surface area contributed by atoms with Crippen molar-refractivity contribution in [3.05, 3.63) is 41.7 Å². The highest BCUT2D eigenvalue weighted by molar-refractivity contribution is 7.22. The van der Waals surface area contributed by atoms with Gasteiger partial charge in [0.25, 0.3) is 0 Å². The number of rotatable bonds is 3. The van der Waals surface area contributed by atoms with Crippen molar-refractivity contribution >= 4 is 45.0 Å². The first-order valence-corrected chi connectivity index (χ1v) is 8.58. The van der Waals surface area contributed by atoms with Crippen LogP contribution >= 0.6 is 23.7 Å². The van der Waals surface area contributed by atoms with Crippen molar-refractivity contribution in [1.29, 1.82) is 0 Å². The molecule has 1 fully saturated rings. The number of hydrogen-bond acceptors (Lipinski definition) is 5. The number of nitrogens with zero attached hydrogens (tertiary/aromatic N) is 3. The third-order valence-electron chi connectivity index (χ3n) is 4.36. The Morgan fingerprint density at radius 3 is 2.85 bits per heavy atom. The predicted molar refractivity (Wildman–Crippen MR) is 97.7 cm³/mol. The fourth-order valence-corrected chi connectivity index (χ4v) is 3.99. The zero-order chi connectivity index (χ0) is 17.6. The molecule has 0 bridgehead atoms. The first-order chi connectivity index (χ1) is 12.0. The van der Waals surface area contributed by atoms with Crippen LogP contribution in [0.2, 0.25) is 0 Å². The van der Waals surface area contributed by atoms with Crippen molar-refractivity contribution in [2.75, 3.05) is 18.4 Å². The fourth-order valence-electron chi connectivity index (χ4n) is 3.11. The predicted octanol–water partition coefficient (Wildman–Crippen LogP) is 2.67. The number of carbonyl (C=O) groups excluding carboxylic acids is 1. The average Bonchev–Trinajstić information content (AvgIpc) is 3.26. The van der Waals surface area contributed by atoms with Gasteiger partial charge in [0, 0.05) is 38.3 Å². The minimum Gasteiger partial charge on any atom is -0.315 e. The van der Waals surface area contributed by atoms with Crippen LogP contribution in [0, 0.1) is 17.6 Å². The summed E-state index contributed by atoms with van der Waals surface area (Å²) in [7, 11) is 1.83. The second-order valence-corrected chi connectivity index (χ2v) is 7.09. The van der Waals surface area contributed by atoms with Gasteiger partial charge in [0.2, 0.25) is 5.91 Å². The summed E-state index contributed by atoms with van der Waals surface area (Å²) in [4.78, 5) is 16.8. The highest BCUT2D eigenvalue weighted by atomic mass is 35.5. The second-order valence-electron chi connectivity index (χ2n) is 6.06. The molecule has 138 valence electrons. The fraction of sp³-hybridized carbons (Fsp3) is 0.312. The molecule has 1 aliphatic rings. The minimum absolute atomic E-state index is 0. The molecule has 1 saturated heterocycles. The molecule has 3 heterocycles. The van der Waals surface area contributed by atoms with Gasteiger partial charge in [-0.25, -0.2) is 13.8 Å². The minimum atomic E-state index is -0.952. The molecule has 2 aromatic heterocycles. The van der Waals surface area contributed by atoms with E-state index in [4.69, 9.17) is 0 Å². The molecule has 6 nitrogen and oxygen atoms in total. The zero-order valence-electron chi connectivity index (χ0n) is 13.7. The molecule has 1 amide bonds. The van der Waals surface area contributed by atoms with Gasteiger partial charge in [0.05, 0.1) is 22.3 Å². The maximum absolute atomic E-state index is 13.3. The summed E-state index contributed by atoms with van der Waals surface area (Å²) >= 11 is 1.12. The smallest absolute Gasteiger partial charge is 0.231 e. The topological polar surface area (TPSA) is 71.8 Å². The molecule has 0 aliphatic carbocycles. The number of benzene rings is 1. The third kappa shape index (κ3) is 3.42. The lowest BCUT2D eigenvalue weighted by molar-refractivity contribution is -0.119. The molecule has 0 radical (unpaired) electrons. The molecule has 26 heavy (non-hydrogen) atoms. The van der Waals surface area contributed by atoms with Crippen molar-refractivity contribution in [1.82, 2.24) is 20.1 Å². The van der Waals surface area contributed by atoms with Gasteiger partial charge in [-0.15, -0.1) is 12.4 Å². The van der Waals surface area contributed by atoms with Gasteiger partial charge in [0.15, 0.2) is 16.8 Å². The number of halogens is 3. The average molecular weight is 400 g/mol. The van der Waals surface area contributed by atoms with E-state index < -0.39 is 11.6 Å². The number of hydrogen-bond donors (Lipinski definition) is 2. The van der Waals surface area contributed by atoms with Crippen LogP contribution in [0.4, 0.5) is 13.9 Å². The number of fused-ring (bicyclic) bond motifs is 1. The number of aromatic nitrogens is 3. The largest absolute Gasteiger partial charge is 0.315 e. The van der Waals surface area contributed by atoms with Crippen LogP contribution in [0.25, 0.3) is 10.2 Å². The number of amides is 1. The molecule has 1 aliphatic heterocycles. The van der Waals surface area contributed by atoms with Gasteiger partial charge >= 0.3 is 0 Å². The number of carbonyl (C=O) groups is 1. The summed E-state index contributed by atoms with van der Waals surface area (Å²) in [5, 5.41) is 10.5. The summed E-state index contributed by atoms with van der Waals surface area (Å²) < 4.78 is 28.8. The maximum atomic E-state index is 13.3. The molecule has 0 unspecified atom stereocenters. The van der Waals surface area contributed by atoms with Crippen molar-refractivity contribution in [2.24, 2.45) is 13.0 Å². The SMILES string of the molecule is Cl.Cn1cc([C@H]2CNC[C@@H]2C(=O)Nc2nc3cc(F)c(F)cc3s2)cn1. The molecule has 10 heteroatoms.